The van der Waals surface area contributed by atoms with Crippen LogP contribution in [0.5, 0.6) is 0 Å². The fourth-order valence-electron chi connectivity index (χ4n) is 4.24. The van der Waals surface area contributed by atoms with E-state index in [0.717, 1.165) is 68.2 Å². The Hall–Kier alpha value is -3.78. The summed E-state index contributed by atoms with van der Waals surface area (Å²) in [5.74, 6) is 1.01. The van der Waals surface area contributed by atoms with Gasteiger partial charge in [-0.25, -0.2) is 13.4 Å². The number of aryl methyl sites for hydroxylation is 1. The van der Waals surface area contributed by atoms with Gasteiger partial charge in [0.25, 0.3) is 15.7 Å². The van der Waals surface area contributed by atoms with Crippen LogP contribution < -0.4 is 5.32 Å². The Labute approximate surface area is 236 Å². The van der Waals surface area contributed by atoms with E-state index in [1.165, 1.54) is 12.1 Å². The number of rotatable bonds is 13. The molecule has 0 atom stereocenters. The first-order valence-corrected chi connectivity index (χ1v) is 14.7. The van der Waals surface area contributed by atoms with Gasteiger partial charge in [-0.15, -0.1) is 0 Å². The summed E-state index contributed by atoms with van der Waals surface area (Å²) in [6.45, 7) is 10.7. The molecule has 0 saturated heterocycles. The molecule has 41 heavy (non-hydrogen) atoms. The van der Waals surface area contributed by atoms with Gasteiger partial charge in [-0.05, 0) is 74.8 Å². The minimum absolute atomic E-state index is 0.0861. The lowest BCUT2D eigenvalue weighted by Crippen LogP contribution is -2.30. The quantitative estimate of drug-likeness (QED) is 0.224. The van der Waals surface area contributed by atoms with E-state index in [1.807, 2.05) is 19.1 Å². The molecular weight excluding hydrogens is 559 g/mol. The molecule has 0 bridgehead atoms. The lowest BCUT2D eigenvalue weighted by atomic mass is 10.2. The van der Waals surface area contributed by atoms with Gasteiger partial charge in [0.2, 0.25) is 5.82 Å². The number of halogens is 3. The highest BCUT2D eigenvalue weighted by molar-refractivity contribution is 7.92. The molecule has 3 heterocycles. The lowest BCUT2D eigenvalue weighted by Gasteiger charge is -2.21. The van der Waals surface area contributed by atoms with Crippen molar-refractivity contribution in [2.24, 2.45) is 0 Å². The molecule has 0 aliphatic heterocycles. The molecule has 10 nitrogen and oxygen atoms in total. The molecule has 0 spiro atoms. The van der Waals surface area contributed by atoms with Crippen LogP contribution in [-0.4, -0.2) is 69.9 Å². The van der Waals surface area contributed by atoms with Gasteiger partial charge in [0, 0.05) is 30.5 Å². The zero-order valence-corrected chi connectivity index (χ0v) is 23.8. The Balaban J connectivity index is 1.39. The maximum atomic E-state index is 12.8. The molecule has 14 heteroatoms. The van der Waals surface area contributed by atoms with Crippen LogP contribution in [0.25, 0.3) is 23.0 Å². The van der Waals surface area contributed by atoms with E-state index in [1.54, 1.807) is 16.9 Å². The number of anilines is 1. The van der Waals surface area contributed by atoms with Gasteiger partial charge < -0.3 is 14.7 Å². The Morgan fingerprint density at radius 1 is 1.02 bits per heavy atom. The zero-order valence-electron chi connectivity index (χ0n) is 23.0. The SMILES string of the molecule is CCCN(CCC)CCNc1ccc(Cn2nc(-c3nc(-c4ccc(S(=O)(=O)C(F)(F)F)cc4)no3)cc2C)cn1. The molecule has 0 aliphatic rings. The van der Waals surface area contributed by atoms with E-state index in [9.17, 15) is 21.6 Å². The van der Waals surface area contributed by atoms with Crippen molar-refractivity contribution in [3.63, 3.8) is 0 Å². The standard InChI is InChI=1S/C27H32F3N7O3S/c1-4-13-36(14-5-2)15-12-31-24-11-6-20(17-32-24)18-37-19(3)16-23(34-37)26-33-25(35-40-26)21-7-9-22(10-8-21)41(38,39)27(28,29)30/h6-11,16-17H,4-5,12-15,18H2,1-3H3,(H,31,32). The number of hydrogen-bond acceptors (Lipinski definition) is 9. The number of benzene rings is 1. The smallest absolute Gasteiger partial charge is 0.369 e. The van der Waals surface area contributed by atoms with Crippen molar-refractivity contribution in [1.82, 2.24) is 29.8 Å². The molecule has 0 amide bonds. The first-order valence-electron chi connectivity index (χ1n) is 13.2. The fraction of sp³-hybridized carbons (Fsp3) is 0.407. The molecular formula is C27H32F3N7O3S. The molecule has 0 radical (unpaired) electrons. The lowest BCUT2D eigenvalue weighted by molar-refractivity contribution is -0.0436. The average molecular weight is 592 g/mol. The van der Waals surface area contributed by atoms with Crippen molar-refractivity contribution >= 4 is 15.7 Å². The first kappa shape index (κ1) is 30.2. The Kier molecular flexibility index (Phi) is 9.43. The van der Waals surface area contributed by atoms with Crippen molar-refractivity contribution in [2.45, 2.75) is 50.6 Å². The molecule has 0 saturated carbocycles. The molecule has 1 N–H and O–H groups in total. The molecule has 1 aromatic carbocycles. The highest BCUT2D eigenvalue weighted by Crippen LogP contribution is 2.31. The van der Waals surface area contributed by atoms with Crippen LogP contribution in [0.4, 0.5) is 19.0 Å². The summed E-state index contributed by atoms with van der Waals surface area (Å²) >= 11 is 0. The predicted octanol–water partition coefficient (Wildman–Crippen LogP) is 5.18. The van der Waals surface area contributed by atoms with Crippen molar-refractivity contribution < 1.29 is 26.1 Å². The highest BCUT2D eigenvalue weighted by atomic mass is 32.2. The van der Waals surface area contributed by atoms with E-state index >= 15 is 0 Å². The minimum atomic E-state index is -5.44. The summed E-state index contributed by atoms with van der Waals surface area (Å²) in [6, 6.07) is 9.79. The van der Waals surface area contributed by atoms with Gasteiger partial charge in [0.05, 0.1) is 11.4 Å². The van der Waals surface area contributed by atoms with Crippen molar-refractivity contribution in [3.05, 3.63) is 59.9 Å². The number of pyridine rings is 1. The van der Waals surface area contributed by atoms with Crippen LogP contribution in [0, 0.1) is 6.92 Å². The van der Waals surface area contributed by atoms with Gasteiger partial charge in [0.15, 0.2) is 5.69 Å². The molecule has 3 aromatic heterocycles. The number of aromatic nitrogens is 5. The molecule has 4 aromatic rings. The fourth-order valence-corrected chi connectivity index (χ4v) is 5.00. The van der Waals surface area contributed by atoms with Crippen LogP contribution in [0.3, 0.4) is 0 Å². The summed E-state index contributed by atoms with van der Waals surface area (Å²) < 4.78 is 68.6. The molecule has 0 unspecified atom stereocenters. The van der Waals surface area contributed by atoms with Crippen LogP contribution in [-0.2, 0) is 16.4 Å². The normalized spacial score (nSPS) is 12.3. The second-order valence-corrected chi connectivity index (χ2v) is 11.5. The third-order valence-electron chi connectivity index (χ3n) is 6.32. The summed E-state index contributed by atoms with van der Waals surface area (Å²) in [7, 11) is -5.44. The van der Waals surface area contributed by atoms with Crippen molar-refractivity contribution in [1.29, 1.82) is 0 Å². The Bertz CT molecular complexity index is 1530. The topological polar surface area (TPSA) is 119 Å². The van der Waals surface area contributed by atoms with Gasteiger partial charge in [0.1, 0.15) is 5.82 Å². The highest BCUT2D eigenvalue weighted by Gasteiger charge is 2.46. The van der Waals surface area contributed by atoms with Crippen LogP contribution >= 0.6 is 0 Å². The van der Waals surface area contributed by atoms with Crippen molar-refractivity contribution in [2.75, 3.05) is 31.5 Å². The number of hydrogen-bond donors (Lipinski definition) is 1. The largest absolute Gasteiger partial charge is 0.501 e. The van der Waals surface area contributed by atoms with Gasteiger partial charge in [-0.1, -0.05) is 25.1 Å². The first-order chi connectivity index (χ1) is 19.5. The van der Waals surface area contributed by atoms with E-state index < -0.39 is 20.2 Å². The van der Waals surface area contributed by atoms with E-state index in [4.69, 9.17) is 4.52 Å². The van der Waals surface area contributed by atoms with Crippen LogP contribution in [0.15, 0.2) is 58.1 Å². The monoisotopic (exact) mass is 591 g/mol. The molecule has 0 aliphatic carbocycles. The number of nitrogens with zero attached hydrogens (tertiary/aromatic N) is 6. The van der Waals surface area contributed by atoms with Crippen LogP contribution in [0.2, 0.25) is 0 Å². The number of nitrogens with one attached hydrogen (secondary N) is 1. The van der Waals surface area contributed by atoms with E-state index in [0.29, 0.717) is 17.8 Å². The summed E-state index contributed by atoms with van der Waals surface area (Å²) in [5.41, 5.74) is -2.88. The maximum Gasteiger partial charge on any atom is 0.501 e. The summed E-state index contributed by atoms with van der Waals surface area (Å²) in [6.07, 6.45) is 4.06. The minimum Gasteiger partial charge on any atom is -0.369 e. The van der Waals surface area contributed by atoms with Crippen LogP contribution in [0.1, 0.15) is 37.9 Å². The van der Waals surface area contributed by atoms with E-state index in [2.05, 4.69) is 44.3 Å². The third kappa shape index (κ3) is 7.30. The summed E-state index contributed by atoms with van der Waals surface area (Å²) in [5, 5.41) is 11.8. The second kappa shape index (κ2) is 12.8. The van der Waals surface area contributed by atoms with Gasteiger partial charge >= 0.3 is 5.51 Å². The maximum absolute atomic E-state index is 12.8. The molecule has 220 valence electrons. The molecule has 0 fully saturated rings. The van der Waals surface area contributed by atoms with Gasteiger partial charge in [-0.2, -0.15) is 23.3 Å². The average Bonchev–Trinajstić information content (AvgIpc) is 3.56. The second-order valence-electron chi connectivity index (χ2n) is 9.55. The van der Waals surface area contributed by atoms with Crippen molar-refractivity contribution in [3.8, 4) is 23.0 Å². The predicted molar refractivity (Wildman–Crippen MR) is 148 cm³/mol. The Morgan fingerprint density at radius 2 is 1.73 bits per heavy atom. The molecule has 4 rings (SSSR count). The zero-order chi connectivity index (χ0) is 29.6. The van der Waals surface area contributed by atoms with E-state index in [-0.39, 0.29) is 11.7 Å². The van der Waals surface area contributed by atoms with Gasteiger partial charge in [-0.3, -0.25) is 4.68 Å². The Morgan fingerprint density at radius 3 is 2.34 bits per heavy atom. The summed E-state index contributed by atoms with van der Waals surface area (Å²) in [4.78, 5) is 10.4. The number of alkyl halides is 3. The third-order valence-corrected chi connectivity index (χ3v) is 7.83. The number of sulfone groups is 1.